The minimum Gasteiger partial charge on any atom is -0.409 e. The molecule has 1 amide bonds. The first-order chi connectivity index (χ1) is 18.5. The highest BCUT2D eigenvalue weighted by atomic mass is 19.4. The van der Waals surface area contributed by atoms with Crippen molar-refractivity contribution in [3.05, 3.63) is 65.1 Å². The predicted molar refractivity (Wildman–Crippen MR) is 132 cm³/mol. The van der Waals surface area contributed by atoms with E-state index in [9.17, 15) is 40.6 Å². The van der Waals surface area contributed by atoms with E-state index >= 15 is 0 Å². The van der Waals surface area contributed by atoms with Crippen molar-refractivity contribution in [2.75, 3.05) is 25.1 Å². The first kappa shape index (κ1) is 30.9. The van der Waals surface area contributed by atoms with Gasteiger partial charge in [-0.1, -0.05) is 0 Å². The lowest BCUT2D eigenvalue weighted by Crippen LogP contribution is -2.46. The fourth-order valence-electron chi connectivity index (χ4n) is 3.93. The Labute approximate surface area is 224 Å². The molecule has 0 heterocycles. The molecule has 3 N–H and O–H groups in total. The van der Waals surface area contributed by atoms with Crippen LogP contribution in [-0.2, 0) is 17.1 Å². The number of aliphatic imine (C=N–C) groups is 1. The number of halogens is 7. The molecular formula is C26H26F7N3O4. The number of ether oxygens (including phenoxy) is 2. The lowest BCUT2D eigenvalue weighted by atomic mass is 9.79. The average Bonchev–Trinajstić information content (AvgIpc) is 2.84. The first-order valence-corrected chi connectivity index (χ1v) is 11.8. The summed E-state index contributed by atoms with van der Waals surface area (Å²) in [5, 5.41) is 9.73. The minimum absolute atomic E-state index is 0.0243. The Morgan fingerprint density at radius 1 is 1.15 bits per heavy atom. The molecule has 1 aliphatic rings. The second-order valence-electron chi connectivity index (χ2n) is 9.35. The Balaban J connectivity index is 1.95. The van der Waals surface area contributed by atoms with Crippen LogP contribution in [0.4, 0.5) is 41.2 Å². The highest BCUT2D eigenvalue weighted by Gasteiger charge is 2.42. The molecule has 1 fully saturated rings. The third-order valence-corrected chi connectivity index (χ3v) is 6.03. The number of rotatable bonds is 8. The van der Waals surface area contributed by atoms with Crippen LogP contribution < -0.4 is 15.4 Å². The number of alkyl halides is 6. The number of carbonyl (C=O) groups excluding carboxylic acids is 1. The number of allylic oxidation sites excluding steroid dienone is 1. The van der Waals surface area contributed by atoms with Crippen LogP contribution in [0, 0.1) is 5.82 Å². The summed E-state index contributed by atoms with van der Waals surface area (Å²) in [7, 11) is 1.12. The van der Waals surface area contributed by atoms with Crippen molar-refractivity contribution in [3.63, 3.8) is 0 Å². The molecule has 2 aromatic rings. The van der Waals surface area contributed by atoms with Crippen LogP contribution in [0.5, 0.6) is 5.75 Å². The van der Waals surface area contributed by atoms with Crippen LogP contribution in [0.25, 0.3) is 5.57 Å². The number of hydrogen-bond acceptors (Lipinski definition) is 6. The second-order valence-corrected chi connectivity index (χ2v) is 9.35. The van der Waals surface area contributed by atoms with E-state index in [1.807, 2.05) is 0 Å². The Morgan fingerprint density at radius 2 is 1.77 bits per heavy atom. The van der Waals surface area contributed by atoms with Gasteiger partial charge in [0, 0.05) is 49.1 Å². The molecule has 14 heteroatoms. The van der Waals surface area contributed by atoms with Gasteiger partial charge in [0.05, 0.1) is 36.0 Å². The van der Waals surface area contributed by atoms with E-state index in [1.165, 1.54) is 0 Å². The Bertz CT molecular complexity index is 1260. The third kappa shape index (κ3) is 7.72. The van der Waals surface area contributed by atoms with Crippen LogP contribution >= 0.6 is 0 Å². The van der Waals surface area contributed by atoms with Gasteiger partial charge in [0.2, 0.25) is 0 Å². The maximum absolute atomic E-state index is 14.0. The van der Waals surface area contributed by atoms with Crippen LogP contribution in [-0.4, -0.2) is 49.3 Å². The molecule has 2 aromatic carbocycles. The highest BCUT2D eigenvalue weighted by molar-refractivity contribution is 6.11. The van der Waals surface area contributed by atoms with Gasteiger partial charge in [0.25, 0.3) is 0 Å². The van der Waals surface area contributed by atoms with Crippen molar-refractivity contribution in [2.45, 2.75) is 43.8 Å². The standard InChI is InChI=1S/C26H26F7N3O4/c1-24(38)11-19(12-24)39-8-7-35-14-15(13-34)20-9-16(25(28,29)30)10-21(26(31,32)33)22(20)40-23(37)36(2)18-5-3-17(27)4-6-18/h3-6,9-10,13-14,19,38H,7-8,11-12,34H2,1-2H3. The van der Waals surface area contributed by atoms with Crippen molar-refractivity contribution in [1.82, 2.24) is 0 Å². The molecule has 0 spiro atoms. The van der Waals surface area contributed by atoms with Gasteiger partial charge in [-0.2, -0.15) is 26.3 Å². The number of anilines is 1. The number of aliphatic hydroxyl groups is 1. The van der Waals surface area contributed by atoms with Crippen molar-refractivity contribution in [3.8, 4) is 5.75 Å². The van der Waals surface area contributed by atoms with Crippen LogP contribution in [0.3, 0.4) is 0 Å². The monoisotopic (exact) mass is 577 g/mol. The zero-order chi connectivity index (χ0) is 29.9. The van der Waals surface area contributed by atoms with Gasteiger partial charge in [-0.3, -0.25) is 9.89 Å². The number of nitrogens with zero attached hydrogens (tertiary/aromatic N) is 2. The summed E-state index contributed by atoms with van der Waals surface area (Å²) < 4.78 is 106. The fourth-order valence-corrected chi connectivity index (χ4v) is 3.93. The average molecular weight is 577 g/mol. The second kappa shape index (κ2) is 11.8. The van der Waals surface area contributed by atoms with Crippen molar-refractivity contribution in [2.24, 2.45) is 10.7 Å². The fraction of sp³-hybridized carbons (Fsp3) is 0.385. The number of hydrogen-bond donors (Lipinski definition) is 2. The van der Waals surface area contributed by atoms with Crippen molar-refractivity contribution < 1.29 is 50.1 Å². The zero-order valence-electron chi connectivity index (χ0n) is 21.3. The van der Waals surface area contributed by atoms with Crippen molar-refractivity contribution in [1.29, 1.82) is 0 Å². The molecule has 0 radical (unpaired) electrons. The van der Waals surface area contributed by atoms with E-state index in [4.69, 9.17) is 15.2 Å². The Morgan fingerprint density at radius 3 is 2.30 bits per heavy atom. The number of carbonyl (C=O) groups is 1. The van der Waals surface area contributed by atoms with Gasteiger partial charge >= 0.3 is 18.4 Å². The quantitative estimate of drug-likeness (QED) is 0.235. The molecule has 7 nitrogen and oxygen atoms in total. The van der Waals surface area contributed by atoms with E-state index in [2.05, 4.69) is 4.99 Å². The van der Waals surface area contributed by atoms with Gasteiger partial charge in [-0.15, -0.1) is 0 Å². The SMILES string of the molecule is CN(C(=O)Oc1c(C(C=NCCOC2CC(C)(O)C2)=CN)cc(C(F)(F)F)cc1C(F)(F)F)c1ccc(F)cc1. The van der Waals surface area contributed by atoms with E-state index in [-0.39, 0.29) is 31.0 Å². The normalized spacial score (nSPS) is 19.9. The molecule has 0 saturated heterocycles. The molecule has 0 bridgehead atoms. The highest BCUT2D eigenvalue weighted by Crippen LogP contribution is 2.44. The predicted octanol–water partition coefficient (Wildman–Crippen LogP) is 5.80. The molecular weight excluding hydrogens is 551 g/mol. The lowest BCUT2D eigenvalue weighted by molar-refractivity contribution is -0.143. The Hall–Kier alpha value is -3.65. The van der Waals surface area contributed by atoms with Gasteiger partial charge in [0.1, 0.15) is 5.82 Å². The first-order valence-electron chi connectivity index (χ1n) is 11.8. The number of nitrogens with two attached hydrogens (primary N) is 1. The maximum atomic E-state index is 14.0. The molecule has 1 saturated carbocycles. The minimum atomic E-state index is -5.37. The Kier molecular flexibility index (Phi) is 9.14. The van der Waals surface area contributed by atoms with E-state index in [1.54, 1.807) is 6.92 Å². The molecule has 3 rings (SSSR count). The molecule has 218 valence electrons. The molecule has 0 atom stereocenters. The third-order valence-electron chi connectivity index (χ3n) is 6.03. The van der Waals surface area contributed by atoms with E-state index < -0.39 is 57.9 Å². The van der Waals surface area contributed by atoms with Gasteiger partial charge in [-0.25, -0.2) is 9.18 Å². The molecule has 1 aliphatic carbocycles. The van der Waals surface area contributed by atoms with Crippen molar-refractivity contribution >= 4 is 23.6 Å². The summed E-state index contributed by atoms with van der Waals surface area (Å²) in [5.74, 6) is -1.87. The van der Waals surface area contributed by atoms with E-state index in [0.717, 1.165) is 48.6 Å². The van der Waals surface area contributed by atoms with Crippen LogP contribution in [0.15, 0.2) is 47.6 Å². The van der Waals surface area contributed by atoms with E-state index in [0.29, 0.717) is 18.9 Å². The summed E-state index contributed by atoms with van der Waals surface area (Å²) in [6, 6.07) is 4.49. The largest absolute Gasteiger partial charge is 0.420 e. The molecule has 40 heavy (non-hydrogen) atoms. The number of amides is 1. The van der Waals surface area contributed by atoms with Crippen LogP contribution in [0.2, 0.25) is 0 Å². The summed E-state index contributed by atoms with van der Waals surface area (Å²) in [6.07, 6.45) is -9.65. The summed E-state index contributed by atoms with van der Waals surface area (Å²) in [5.41, 5.74) is 0.0648. The summed E-state index contributed by atoms with van der Waals surface area (Å²) in [4.78, 5) is 17.5. The maximum Gasteiger partial charge on any atom is 0.420 e. The van der Waals surface area contributed by atoms with Gasteiger partial charge < -0.3 is 20.3 Å². The molecule has 0 unspecified atom stereocenters. The molecule has 0 aliphatic heterocycles. The molecule has 0 aromatic heterocycles. The zero-order valence-corrected chi connectivity index (χ0v) is 21.3. The van der Waals surface area contributed by atoms with Crippen LogP contribution in [0.1, 0.15) is 36.5 Å². The van der Waals surface area contributed by atoms with Gasteiger partial charge in [0.15, 0.2) is 5.75 Å². The summed E-state index contributed by atoms with van der Waals surface area (Å²) in [6.45, 7) is 1.69. The summed E-state index contributed by atoms with van der Waals surface area (Å²) >= 11 is 0. The van der Waals surface area contributed by atoms with Gasteiger partial charge in [-0.05, 0) is 43.3 Å². The smallest absolute Gasteiger partial charge is 0.409 e. The lowest BCUT2D eigenvalue weighted by Gasteiger charge is -2.40. The number of benzene rings is 2. The topological polar surface area (TPSA) is 97.4 Å².